The SMILES string of the molecule is CCCCc1ccc(C(O)C(CC)[N+](=O)[O-])cc1. The van der Waals surface area contributed by atoms with Crippen molar-refractivity contribution in [3.05, 3.63) is 45.5 Å². The van der Waals surface area contributed by atoms with Gasteiger partial charge in [0, 0.05) is 11.3 Å². The lowest BCUT2D eigenvalue weighted by Gasteiger charge is -2.15. The third-order valence-corrected chi connectivity index (χ3v) is 3.19. The Morgan fingerprint density at radius 1 is 1.28 bits per heavy atom. The van der Waals surface area contributed by atoms with Gasteiger partial charge in [-0.05, 0) is 24.0 Å². The summed E-state index contributed by atoms with van der Waals surface area (Å²) in [6, 6.07) is 6.55. The Morgan fingerprint density at radius 2 is 1.89 bits per heavy atom. The highest BCUT2D eigenvalue weighted by molar-refractivity contribution is 5.24. The van der Waals surface area contributed by atoms with E-state index >= 15 is 0 Å². The lowest BCUT2D eigenvalue weighted by molar-refractivity contribution is -0.536. The van der Waals surface area contributed by atoms with Gasteiger partial charge in [0.25, 0.3) is 0 Å². The Hall–Kier alpha value is -1.42. The van der Waals surface area contributed by atoms with Gasteiger partial charge < -0.3 is 5.11 Å². The molecular formula is C14H21NO3. The first-order chi connectivity index (χ1) is 8.60. The van der Waals surface area contributed by atoms with Gasteiger partial charge in [-0.3, -0.25) is 10.1 Å². The zero-order valence-corrected chi connectivity index (χ0v) is 11.0. The first kappa shape index (κ1) is 14.6. The predicted molar refractivity (Wildman–Crippen MR) is 71.1 cm³/mol. The molecule has 1 aromatic carbocycles. The highest BCUT2D eigenvalue weighted by atomic mass is 16.6. The van der Waals surface area contributed by atoms with Gasteiger partial charge in [-0.15, -0.1) is 0 Å². The normalized spacial score (nSPS) is 14.2. The minimum Gasteiger partial charge on any atom is -0.381 e. The van der Waals surface area contributed by atoms with Crippen LogP contribution in [0.1, 0.15) is 50.3 Å². The molecule has 1 N–H and O–H groups in total. The Bertz CT molecular complexity index is 375. The quantitative estimate of drug-likeness (QED) is 0.598. The Balaban J connectivity index is 2.74. The average molecular weight is 251 g/mol. The summed E-state index contributed by atoms with van der Waals surface area (Å²) < 4.78 is 0. The van der Waals surface area contributed by atoms with Gasteiger partial charge in [-0.2, -0.15) is 0 Å². The number of hydrogen-bond acceptors (Lipinski definition) is 3. The number of benzene rings is 1. The average Bonchev–Trinajstić information content (AvgIpc) is 2.37. The number of nitro groups is 1. The summed E-state index contributed by atoms with van der Waals surface area (Å²) in [6.07, 6.45) is 2.59. The van der Waals surface area contributed by atoms with Crippen molar-refractivity contribution in [2.45, 2.75) is 51.7 Å². The van der Waals surface area contributed by atoms with Crippen LogP contribution in [0.15, 0.2) is 24.3 Å². The number of aryl methyl sites for hydroxylation is 1. The molecule has 0 aliphatic heterocycles. The molecule has 1 aromatic rings. The molecule has 4 nitrogen and oxygen atoms in total. The molecule has 0 fully saturated rings. The van der Waals surface area contributed by atoms with Crippen molar-refractivity contribution in [1.82, 2.24) is 0 Å². The first-order valence-electron chi connectivity index (χ1n) is 6.50. The number of aliphatic hydroxyl groups excluding tert-OH is 1. The van der Waals surface area contributed by atoms with E-state index in [0.29, 0.717) is 12.0 Å². The Labute approximate surface area is 108 Å². The van der Waals surface area contributed by atoms with E-state index in [0.717, 1.165) is 19.3 Å². The van der Waals surface area contributed by atoms with Gasteiger partial charge in [0.1, 0.15) is 6.10 Å². The predicted octanol–water partition coefficient (Wildman–Crippen LogP) is 3.12. The lowest BCUT2D eigenvalue weighted by Crippen LogP contribution is -2.26. The molecule has 100 valence electrons. The fourth-order valence-corrected chi connectivity index (χ4v) is 1.97. The summed E-state index contributed by atoms with van der Waals surface area (Å²) in [7, 11) is 0. The molecular weight excluding hydrogens is 230 g/mol. The Morgan fingerprint density at radius 3 is 2.33 bits per heavy atom. The van der Waals surface area contributed by atoms with Crippen LogP contribution in [0, 0.1) is 10.1 Å². The molecule has 0 heterocycles. The Kier molecular flexibility index (Phi) is 5.78. The second kappa shape index (κ2) is 7.11. The van der Waals surface area contributed by atoms with E-state index in [2.05, 4.69) is 6.92 Å². The summed E-state index contributed by atoms with van der Waals surface area (Å²) in [5.41, 5.74) is 1.83. The molecule has 4 heteroatoms. The molecule has 0 spiro atoms. The van der Waals surface area contributed by atoms with Crippen LogP contribution >= 0.6 is 0 Å². The van der Waals surface area contributed by atoms with E-state index < -0.39 is 17.1 Å². The van der Waals surface area contributed by atoms with E-state index in [1.165, 1.54) is 5.56 Å². The van der Waals surface area contributed by atoms with Crippen LogP contribution in [0.2, 0.25) is 0 Å². The molecule has 0 bridgehead atoms. The molecule has 0 saturated carbocycles. The number of unbranched alkanes of at least 4 members (excludes halogenated alkanes) is 1. The van der Waals surface area contributed by atoms with Gasteiger partial charge in [-0.25, -0.2) is 0 Å². The second-order valence-electron chi connectivity index (χ2n) is 4.55. The van der Waals surface area contributed by atoms with Crippen LogP contribution in [-0.4, -0.2) is 16.1 Å². The van der Waals surface area contributed by atoms with Crippen molar-refractivity contribution in [3.8, 4) is 0 Å². The molecule has 0 aromatic heterocycles. The molecule has 2 atom stereocenters. The molecule has 18 heavy (non-hydrogen) atoms. The van der Waals surface area contributed by atoms with E-state index in [-0.39, 0.29) is 0 Å². The van der Waals surface area contributed by atoms with Crippen LogP contribution in [-0.2, 0) is 6.42 Å². The molecule has 0 saturated heterocycles. The van der Waals surface area contributed by atoms with Crippen molar-refractivity contribution in [2.75, 3.05) is 0 Å². The molecule has 2 unspecified atom stereocenters. The first-order valence-corrected chi connectivity index (χ1v) is 6.50. The largest absolute Gasteiger partial charge is 0.381 e. The van der Waals surface area contributed by atoms with E-state index in [4.69, 9.17) is 0 Å². The molecule has 1 rings (SSSR count). The van der Waals surface area contributed by atoms with Crippen molar-refractivity contribution < 1.29 is 10.0 Å². The van der Waals surface area contributed by atoms with Crippen LogP contribution in [0.3, 0.4) is 0 Å². The molecule has 0 radical (unpaired) electrons. The summed E-state index contributed by atoms with van der Waals surface area (Å²) in [6.45, 7) is 3.85. The number of rotatable bonds is 7. The van der Waals surface area contributed by atoms with E-state index in [1.807, 2.05) is 12.1 Å². The fraction of sp³-hybridized carbons (Fsp3) is 0.571. The molecule has 0 aliphatic carbocycles. The van der Waals surface area contributed by atoms with Crippen LogP contribution < -0.4 is 0 Å². The number of aliphatic hydroxyl groups is 1. The van der Waals surface area contributed by atoms with Crippen molar-refractivity contribution in [2.24, 2.45) is 0 Å². The highest BCUT2D eigenvalue weighted by Crippen LogP contribution is 2.21. The third kappa shape index (κ3) is 3.81. The van der Waals surface area contributed by atoms with Crippen molar-refractivity contribution >= 4 is 0 Å². The zero-order chi connectivity index (χ0) is 13.5. The summed E-state index contributed by atoms with van der Waals surface area (Å²) in [4.78, 5) is 10.4. The van der Waals surface area contributed by atoms with Gasteiger partial charge in [-0.1, -0.05) is 44.5 Å². The van der Waals surface area contributed by atoms with Crippen molar-refractivity contribution in [3.63, 3.8) is 0 Å². The minimum atomic E-state index is -1.02. The maximum Gasteiger partial charge on any atom is 0.242 e. The van der Waals surface area contributed by atoms with Crippen LogP contribution in [0.4, 0.5) is 0 Å². The standard InChI is InChI=1S/C14H21NO3/c1-3-5-6-11-7-9-12(10-8-11)14(16)13(4-2)15(17)18/h7-10,13-14,16H,3-6H2,1-2H3. The number of hydrogen-bond donors (Lipinski definition) is 1. The number of nitrogens with zero attached hydrogens (tertiary/aromatic N) is 1. The summed E-state index contributed by atoms with van der Waals surface area (Å²) in [5.74, 6) is 0. The maximum absolute atomic E-state index is 10.8. The topological polar surface area (TPSA) is 63.4 Å². The molecule has 0 aliphatic rings. The minimum absolute atomic E-state index is 0.325. The zero-order valence-electron chi connectivity index (χ0n) is 11.0. The van der Waals surface area contributed by atoms with Crippen LogP contribution in [0.25, 0.3) is 0 Å². The fourth-order valence-electron chi connectivity index (χ4n) is 1.97. The lowest BCUT2D eigenvalue weighted by atomic mass is 9.98. The van der Waals surface area contributed by atoms with Crippen molar-refractivity contribution in [1.29, 1.82) is 0 Å². The van der Waals surface area contributed by atoms with Gasteiger partial charge in [0.05, 0.1) is 0 Å². The van der Waals surface area contributed by atoms with Gasteiger partial charge in [0.2, 0.25) is 6.04 Å². The smallest absolute Gasteiger partial charge is 0.242 e. The second-order valence-corrected chi connectivity index (χ2v) is 4.55. The van der Waals surface area contributed by atoms with E-state index in [9.17, 15) is 15.2 Å². The highest BCUT2D eigenvalue weighted by Gasteiger charge is 2.28. The van der Waals surface area contributed by atoms with Crippen LogP contribution in [0.5, 0.6) is 0 Å². The van der Waals surface area contributed by atoms with E-state index in [1.54, 1.807) is 19.1 Å². The monoisotopic (exact) mass is 251 g/mol. The van der Waals surface area contributed by atoms with Gasteiger partial charge in [0.15, 0.2) is 0 Å². The summed E-state index contributed by atoms with van der Waals surface area (Å²) in [5, 5.41) is 20.8. The van der Waals surface area contributed by atoms with Gasteiger partial charge >= 0.3 is 0 Å². The molecule has 0 amide bonds. The maximum atomic E-state index is 10.8. The third-order valence-electron chi connectivity index (χ3n) is 3.19. The summed E-state index contributed by atoms with van der Waals surface area (Å²) >= 11 is 0.